The Morgan fingerprint density at radius 1 is 1.22 bits per heavy atom. The van der Waals surface area contributed by atoms with Crippen molar-refractivity contribution in [3.63, 3.8) is 0 Å². The minimum absolute atomic E-state index is 0.0822. The highest BCUT2D eigenvalue weighted by Gasteiger charge is 2.55. The Morgan fingerprint density at radius 3 is 2.78 bits per heavy atom. The third-order valence-corrected chi connectivity index (χ3v) is 5.68. The van der Waals surface area contributed by atoms with Gasteiger partial charge in [0.15, 0.2) is 0 Å². The highest BCUT2D eigenvalue weighted by Crippen LogP contribution is 2.44. The summed E-state index contributed by atoms with van der Waals surface area (Å²) < 4.78 is 9.38. The Balaban J connectivity index is 2.10. The maximum Gasteiger partial charge on any atom is 0.415 e. The van der Waals surface area contributed by atoms with Gasteiger partial charge in [0.05, 0.1) is 12.4 Å². The van der Waals surface area contributed by atoms with E-state index in [-0.39, 0.29) is 11.6 Å². The molecule has 23 heavy (non-hydrogen) atoms. The van der Waals surface area contributed by atoms with Gasteiger partial charge in [-0.15, -0.1) is 9.15 Å². The zero-order chi connectivity index (χ0) is 16.1. The van der Waals surface area contributed by atoms with E-state index in [9.17, 15) is 0 Å². The Bertz CT molecular complexity index is 1070. The molecule has 0 saturated heterocycles. The SMILES string of the molecule is CC1=[N+]2c3c(C)ccc4c3n(c3nccn43)C(C)(C)C2C=[N+]1C. The summed E-state index contributed by atoms with van der Waals surface area (Å²) in [6.45, 7) is 9.03. The van der Waals surface area contributed by atoms with Crippen molar-refractivity contribution in [1.82, 2.24) is 14.0 Å². The monoisotopic (exact) mass is 307 g/mol. The molecule has 116 valence electrons. The molecule has 1 aromatic carbocycles. The van der Waals surface area contributed by atoms with Crippen molar-refractivity contribution in [2.75, 3.05) is 7.05 Å². The first kappa shape index (κ1) is 13.0. The van der Waals surface area contributed by atoms with E-state index in [0.717, 1.165) is 5.78 Å². The summed E-state index contributed by atoms with van der Waals surface area (Å²) in [4.78, 5) is 4.65. The lowest BCUT2D eigenvalue weighted by atomic mass is 9.90. The third-order valence-electron chi connectivity index (χ3n) is 5.68. The van der Waals surface area contributed by atoms with Crippen LogP contribution in [0.2, 0.25) is 0 Å². The first-order valence-electron chi connectivity index (χ1n) is 8.11. The topological polar surface area (TPSA) is 28.2 Å². The van der Waals surface area contributed by atoms with Crippen LogP contribution in [0.15, 0.2) is 24.5 Å². The fourth-order valence-corrected chi connectivity index (χ4v) is 4.37. The summed E-state index contributed by atoms with van der Waals surface area (Å²) in [6.07, 6.45) is 6.28. The number of amidine groups is 1. The zero-order valence-electron chi connectivity index (χ0n) is 14.2. The van der Waals surface area contributed by atoms with E-state index in [1.165, 1.54) is 28.1 Å². The van der Waals surface area contributed by atoms with E-state index >= 15 is 0 Å². The molecule has 5 rings (SSSR count). The Labute approximate surface area is 134 Å². The molecule has 1 unspecified atom stereocenters. The van der Waals surface area contributed by atoms with Gasteiger partial charge in [0.2, 0.25) is 17.7 Å². The van der Waals surface area contributed by atoms with Crippen LogP contribution in [0, 0.1) is 6.92 Å². The molecule has 4 heterocycles. The van der Waals surface area contributed by atoms with Crippen molar-refractivity contribution in [2.45, 2.75) is 39.3 Å². The molecule has 0 bridgehead atoms. The average molecular weight is 307 g/mol. The molecule has 0 N–H and O–H groups in total. The largest absolute Gasteiger partial charge is 0.415 e. The highest BCUT2D eigenvalue weighted by atomic mass is 15.3. The Morgan fingerprint density at radius 2 is 2.00 bits per heavy atom. The Hall–Kier alpha value is -2.43. The Kier molecular flexibility index (Phi) is 2.11. The second kappa shape index (κ2) is 3.72. The maximum absolute atomic E-state index is 4.65. The molecule has 0 amide bonds. The molecule has 0 spiro atoms. The van der Waals surface area contributed by atoms with Crippen LogP contribution in [0.5, 0.6) is 0 Å². The van der Waals surface area contributed by atoms with Gasteiger partial charge in [-0.2, -0.15) is 0 Å². The number of benzene rings is 1. The summed E-state index contributed by atoms with van der Waals surface area (Å²) in [5, 5.41) is 0. The van der Waals surface area contributed by atoms with Crippen LogP contribution in [-0.2, 0) is 5.54 Å². The van der Waals surface area contributed by atoms with Crippen molar-refractivity contribution in [1.29, 1.82) is 0 Å². The molecular weight excluding hydrogens is 286 g/mol. The van der Waals surface area contributed by atoms with Crippen molar-refractivity contribution < 1.29 is 9.15 Å². The fraction of sp³-hybridized carbons (Fsp3) is 0.389. The standard InChI is InChI=1S/C18H21N5/c1-11-6-7-13-16-15(11)22-12(2)20(5)10-14(22)18(3,4)23(16)17-19-8-9-21(13)17/h6-10,14H,1-5H3/q+2. The minimum Gasteiger partial charge on any atom is -0.291 e. The number of rotatable bonds is 0. The second-order valence-electron chi connectivity index (χ2n) is 7.31. The van der Waals surface area contributed by atoms with E-state index in [1.807, 2.05) is 6.20 Å². The molecule has 2 aliphatic rings. The van der Waals surface area contributed by atoms with Gasteiger partial charge in [0, 0.05) is 18.0 Å². The number of aryl methyl sites for hydroxylation is 1. The highest BCUT2D eigenvalue weighted by molar-refractivity contribution is 5.94. The lowest BCUT2D eigenvalue weighted by Gasteiger charge is -2.32. The van der Waals surface area contributed by atoms with Gasteiger partial charge in [-0.3, -0.25) is 8.97 Å². The van der Waals surface area contributed by atoms with Gasteiger partial charge in [-0.05, 0) is 26.8 Å². The predicted octanol–water partition coefficient (Wildman–Crippen LogP) is 2.50. The van der Waals surface area contributed by atoms with Crippen molar-refractivity contribution in [2.24, 2.45) is 0 Å². The van der Waals surface area contributed by atoms with Crippen molar-refractivity contribution >= 4 is 34.5 Å². The predicted molar refractivity (Wildman–Crippen MR) is 91.4 cm³/mol. The normalized spacial score (nSPS) is 22.1. The number of hydrogen-bond donors (Lipinski definition) is 0. The van der Waals surface area contributed by atoms with Gasteiger partial charge in [-0.25, -0.2) is 4.98 Å². The first-order valence-corrected chi connectivity index (χ1v) is 8.11. The average Bonchev–Trinajstić information content (AvgIpc) is 3.14. The van der Waals surface area contributed by atoms with Crippen LogP contribution < -0.4 is 0 Å². The number of fused-ring (bicyclic) bond motifs is 5. The summed E-state index contributed by atoms with van der Waals surface area (Å²) in [6, 6.07) is 4.73. The van der Waals surface area contributed by atoms with E-state index in [4.69, 9.17) is 0 Å². The van der Waals surface area contributed by atoms with Gasteiger partial charge >= 0.3 is 5.84 Å². The van der Waals surface area contributed by atoms with Crippen LogP contribution in [-0.4, -0.2) is 48.2 Å². The quantitative estimate of drug-likeness (QED) is 0.587. The molecule has 0 fully saturated rings. The molecule has 3 aromatic rings. The van der Waals surface area contributed by atoms with Crippen LogP contribution in [0.25, 0.3) is 16.8 Å². The second-order valence-corrected chi connectivity index (χ2v) is 7.31. The molecule has 2 aromatic heterocycles. The molecular formula is C18H21N5+2. The minimum atomic E-state index is -0.0822. The lowest BCUT2D eigenvalue weighted by Crippen LogP contribution is -2.48. The lowest BCUT2D eigenvalue weighted by molar-refractivity contribution is -0.509. The third kappa shape index (κ3) is 1.28. The zero-order valence-corrected chi connectivity index (χ0v) is 14.2. The van der Waals surface area contributed by atoms with Crippen LogP contribution >= 0.6 is 0 Å². The van der Waals surface area contributed by atoms with Crippen LogP contribution in [0.3, 0.4) is 0 Å². The molecule has 0 saturated carbocycles. The fourth-order valence-electron chi connectivity index (χ4n) is 4.37. The number of nitrogens with zero attached hydrogens (tertiary/aromatic N) is 5. The van der Waals surface area contributed by atoms with Crippen molar-refractivity contribution in [3.8, 4) is 0 Å². The smallest absolute Gasteiger partial charge is 0.291 e. The molecule has 0 radical (unpaired) electrons. The van der Waals surface area contributed by atoms with E-state index in [1.54, 1.807) is 0 Å². The van der Waals surface area contributed by atoms with E-state index in [2.05, 4.69) is 82.4 Å². The van der Waals surface area contributed by atoms with Crippen LogP contribution in [0.4, 0.5) is 5.69 Å². The summed E-state index contributed by atoms with van der Waals surface area (Å²) in [5.74, 6) is 2.31. The van der Waals surface area contributed by atoms with Crippen LogP contribution in [0.1, 0.15) is 26.3 Å². The summed E-state index contributed by atoms with van der Waals surface area (Å²) >= 11 is 0. The summed E-state index contributed by atoms with van der Waals surface area (Å²) in [7, 11) is 2.14. The molecule has 5 heteroatoms. The number of imidazole rings is 2. The summed E-state index contributed by atoms with van der Waals surface area (Å²) in [5.41, 5.74) is 5.06. The van der Waals surface area contributed by atoms with Gasteiger partial charge in [0.1, 0.15) is 18.1 Å². The number of aromatic nitrogens is 3. The molecule has 1 atom stereocenters. The van der Waals surface area contributed by atoms with Crippen molar-refractivity contribution in [3.05, 3.63) is 30.1 Å². The maximum atomic E-state index is 4.65. The molecule has 0 aliphatic carbocycles. The van der Waals surface area contributed by atoms with Gasteiger partial charge in [-0.1, -0.05) is 6.07 Å². The van der Waals surface area contributed by atoms with Gasteiger partial charge in [0.25, 0.3) is 6.04 Å². The number of hydrogen-bond acceptors (Lipinski definition) is 1. The molecule has 2 aliphatic heterocycles. The molecule has 5 nitrogen and oxygen atoms in total. The van der Waals surface area contributed by atoms with E-state index < -0.39 is 0 Å². The van der Waals surface area contributed by atoms with E-state index in [0.29, 0.717) is 0 Å². The van der Waals surface area contributed by atoms with Gasteiger partial charge < -0.3 is 0 Å². The first-order chi connectivity index (χ1) is 10.9.